The van der Waals surface area contributed by atoms with Crippen LogP contribution >= 0.6 is 0 Å². The second kappa shape index (κ2) is 3.53. The molecule has 1 fully saturated rings. The quantitative estimate of drug-likeness (QED) is 0.559. The second-order valence-corrected chi connectivity index (χ2v) is 2.43. The van der Waals surface area contributed by atoms with Crippen molar-refractivity contribution in [3.8, 4) is 0 Å². The van der Waals surface area contributed by atoms with E-state index < -0.39 is 5.97 Å². The summed E-state index contributed by atoms with van der Waals surface area (Å²) in [4.78, 5) is 10.2. The number of nitrogens with one attached hydrogen (secondary N) is 1. The Bertz CT molecular complexity index is 121. The Labute approximate surface area is 59.6 Å². The molecule has 1 rings (SSSR count). The van der Waals surface area contributed by atoms with Gasteiger partial charge in [-0.1, -0.05) is 0 Å². The van der Waals surface area contributed by atoms with E-state index in [-0.39, 0.29) is 12.5 Å². The number of carboxylic acid groups (broad SMARTS) is 1. The van der Waals surface area contributed by atoms with Crippen molar-refractivity contribution in [1.29, 1.82) is 0 Å². The van der Waals surface area contributed by atoms with Crippen LogP contribution in [0.1, 0.15) is 19.3 Å². The van der Waals surface area contributed by atoms with Crippen LogP contribution in [0.4, 0.5) is 0 Å². The molecule has 0 spiro atoms. The van der Waals surface area contributed by atoms with Gasteiger partial charge < -0.3 is 5.11 Å². The molecule has 1 aliphatic heterocycles. The molecular formula is C6H11N2O2. The molecule has 0 saturated carbocycles. The van der Waals surface area contributed by atoms with Gasteiger partial charge in [-0.25, -0.2) is 5.43 Å². The molecule has 10 heavy (non-hydrogen) atoms. The maximum absolute atomic E-state index is 10.2. The lowest BCUT2D eigenvalue weighted by Gasteiger charge is -2.19. The van der Waals surface area contributed by atoms with Crippen molar-refractivity contribution in [2.45, 2.75) is 25.3 Å². The Balaban J connectivity index is 2.19. The number of carbonyl (C=O) groups is 1. The van der Waals surface area contributed by atoms with Crippen molar-refractivity contribution in [3.05, 3.63) is 0 Å². The zero-order valence-corrected chi connectivity index (χ0v) is 5.71. The summed E-state index contributed by atoms with van der Waals surface area (Å²) >= 11 is 0. The van der Waals surface area contributed by atoms with Gasteiger partial charge in [0.15, 0.2) is 0 Å². The average molecular weight is 143 g/mol. The summed E-state index contributed by atoms with van der Waals surface area (Å²) in [5, 5.41) is 8.38. The third-order valence-electron chi connectivity index (χ3n) is 1.51. The maximum Gasteiger partial charge on any atom is 0.305 e. The van der Waals surface area contributed by atoms with Crippen LogP contribution in [0.2, 0.25) is 0 Å². The molecule has 2 N–H and O–H groups in total. The van der Waals surface area contributed by atoms with Gasteiger partial charge in [0.25, 0.3) is 0 Å². The van der Waals surface area contributed by atoms with E-state index in [1.165, 1.54) is 0 Å². The summed E-state index contributed by atoms with van der Waals surface area (Å²) in [7, 11) is 0. The molecular weight excluding hydrogens is 132 g/mol. The van der Waals surface area contributed by atoms with Crippen LogP contribution in [0.5, 0.6) is 0 Å². The number of rotatable bonds is 2. The van der Waals surface area contributed by atoms with E-state index in [0.717, 1.165) is 19.4 Å². The predicted octanol–water partition coefficient (Wildman–Crippen LogP) is -0.267. The van der Waals surface area contributed by atoms with Crippen molar-refractivity contribution in [2.24, 2.45) is 0 Å². The zero-order chi connectivity index (χ0) is 7.40. The first-order chi connectivity index (χ1) is 4.79. The van der Waals surface area contributed by atoms with Crippen LogP contribution in [-0.4, -0.2) is 23.7 Å². The summed E-state index contributed by atoms with van der Waals surface area (Å²) in [6.07, 6.45) is 2.09. The Hall–Kier alpha value is -0.610. The number of aliphatic carboxylic acids is 1. The van der Waals surface area contributed by atoms with Gasteiger partial charge in [0.1, 0.15) is 0 Å². The molecule has 0 amide bonds. The van der Waals surface area contributed by atoms with Crippen LogP contribution in [0.3, 0.4) is 0 Å². The SMILES string of the molecule is O=C(O)CC1CCCN[N]1. The van der Waals surface area contributed by atoms with E-state index in [1.807, 2.05) is 0 Å². The molecule has 1 saturated heterocycles. The minimum Gasteiger partial charge on any atom is -0.481 e. The first-order valence-corrected chi connectivity index (χ1v) is 3.43. The van der Waals surface area contributed by atoms with E-state index in [4.69, 9.17) is 5.11 Å². The van der Waals surface area contributed by atoms with Crippen LogP contribution < -0.4 is 10.9 Å². The van der Waals surface area contributed by atoms with Crippen molar-refractivity contribution in [3.63, 3.8) is 0 Å². The topological polar surface area (TPSA) is 63.4 Å². The number of nitrogens with zero attached hydrogens (tertiary/aromatic N) is 1. The summed E-state index contributed by atoms with van der Waals surface area (Å²) in [5.41, 5.74) is 6.74. The average Bonchev–Trinajstić information content (AvgIpc) is 1.88. The minimum atomic E-state index is -0.766. The van der Waals surface area contributed by atoms with Gasteiger partial charge in [0.2, 0.25) is 0 Å². The zero-order valence-electron chi connectivity index (χ0n) is 5.71. The summed E-state index contributed by atoms with van der Waals surface area (Å²) in [6.45, 7) is 0.885. The lowest BCUT2D eigenvalue weighted by atomic mass is 10.1. The minimum absolute atomic E-state index is 0.00810. The van der Waals surface area contributed by atoms with Gasteiger partial charge in [-0.2, -0.15) is 5.43 Å². The van der Waals surface area contributed by atoms with E-state index in [1.54, 1.807) is 0 Å². The molecule has 57 valence electrons. The highest BCUT2D eigenvalue weighted by Crippen LogP contribution is 2.05. The Morgan fingerprint density at radius 3 is 3.10 bits per heavy atom. The van der Waals surface area contributed by atoms with Crippen LogP contribution in [0.25, 0.3) is 0 Å². The van der Waals surface area contributed by atoms with Gasteiger partial charge >= 0.3 is 5.97 Å². The van der Waals surface area contributed by atoms with Crippen molar-refractivity contribution >= 4 is 5.97 Å². The molecule has 1 heterocycles. The number of hydrogen-bond acceptors (Lipinski definition) is 2. The van der Waals surface area contributed by atoms with E-state index >= 15 is 0 Å². The normalized spacial score (nSPS) is 26.2. The summed E-state index contributed by atoms with van der Waals surface area (Å²) < 4.78 is 0. The molecule has 1 aliphatic rings. The third kappa shape index (κ3) is 2.33. The molecule has 0 aromatic carbocycles. The highest BCUT2D eigenvalue weighted by atomic mass is 16.4. The fourth-order valence-electron chi connectivity index (χ4n) is 1.02. The molecule has 1 radical (unpaired) electrons. The van der Waals surface area contributed by atoms with E-state index in [0.29, 0.717) is 0 Å². The van der Waals surface area contributed by atoms with Gasteiger partial charge in [0, 0.05) is 6.54 Å². The highest BCUT2D eigenvalue weighted by molar-refractivity contribution is 5.67. The second-order valence-electron chi connectivity index (χ2n) is 2.43. The molecule has 0 aromatic heterocycles. The monoisotopic (exact) mass is 143 g/mol. The molecule has 1 unspecified atom stereocenters. The lowest BCUT2D eigenvalue weighted by molar-refractivity contribution is -0.137. The van der Waals surface area contributed by atoms with Crippen LogP contribution in [-0.2, 0) is 4.79 Å². The smallest absolute Gasteiger partial charge is 0.305 e. The van der Waals surface area contributed by atoms with Crippen molar-refractivity contribution in [2.75, 3.05) is 6.54 Å². The third-order valence-corrected chi connectivity index (χ3v) is 1.51. The summed E-state index contributed by atoms with van der Waals surface area (Å²) in [5.74, 6) is -0.766. The molecule has 4 nitrogen and oxygen atoms in total. The standard InChI is InChI=1S/C6H11N2O2/c9-6(10)4-5-2-1-3-7-8-5/h5,7H,1-4H2,(H,9,10). The maximum atomic E-state index is 10.2. The van der Waals surface area contributed by atoms with Crippen LogP contribution in [0.15, 0.2) is 0 Å². The van der Waals surface area contributed by atoms with Crippen LogP contribution in [0, 0.1) is 0 Å². The Morgan fingerprint density at radius 1 is 1.80 bits per heavy atom. The lowest BCUT2D eigenvalue weighted by Crippen LogP contribution is -2.40. The van der Waals surface area contributed by atoms with Gasteiger partial charge in [0.05, 0.1) is 12.5 Å². The molecule has 0 aliphatic carbocycles. The first-order valence-electron chi connectivity index (χ1n) is 3.43. The molecule has 4 heteroatoms. The first kappa shape index (κ1) is 7.50. The van der Waals surface area contributed by atoms with E-state index in [2.05, 4.69) is 10.9 Å². The number of hydrogen-bond donors (Lipinski definition) is 2. The number of carboxylic acids is 1. The van der Waals surface area contributed by atoms with Crippen molar-refractivity contribution in [1.82, 2.24) is 10.9 Å². The highest BCUT2D eigenvalue weighted by Gasteiger charge is 2.16. The fraction of sp³-hybridized carbons (Fsp3) is 0.833. The molecule has 1 atom stereocenters. The molecule has 0 aromatic rings. The van der Waals surface area contributed by atoms with Gasteiger partial charge in [-0.05, 0) is 12.8 Å². The Morgan fingerprint density at radius 2 is 2.60 bits per heavy atom. The molecule has 0 bridgehead atoms. The van der Waals surface area contributed by atoms with Gasteiger partial charge in [-0.15, -0.1) is 0 Å². The van der Waals surface area contributed by atoms with Crippen molar-refractivity contribution < 1.29 is 9.90 Å². The Kier molecular flexibility index (Phi) is 2.65. The fourth-order valence-corrected chi connectivity index (χ4v) is 1.02. The van der Waals surface area contributed by atoms with E-state index in [9.17, 15) is 4.79 Å². The predicted molar refractivity (Wildman–Crippen MR) is 35.4 cm³/mol. The summed E-state index contributed by atoms with van der Waals surface area (Å²) in [6, 6.07) is -0.00810. The largest absolute Gasteiger partial charge is 0.481 e. The van der Waals surface area contributed by atoms with Gasteiger partial charge in [-0.3, -0.25) is 4.79 Å².